The zero-order valence-electron chi connectivity index (χ0n) is 27.3. The van der Waals surface area contributed by atoms with E-state index in [2.05, 4.69) is 193 Å². The number of aryl methyl sites for hydroxylation is 1. The topological polar surface area (TPSA) is 6.48 Å². The molecule has 0 amide bonds. The highest BCUT2D eigenvalue weighted by Gasteiger charge is 2.20. The third kappa shape index (κ3) is 5.78. The predicted octanol–water partition coefficient (Wildman–Crippen LogP) is 12.3. The van der Waals surface area contributed by atoms with Crippen molar-refractivity contribution in [3.63, 3.8) is 0 Å². The van der Waals surface area contributed by atoms with E-state index in [1.165, 1.54) is 61.2 Å². The van der Waals surface area contributed by atoms with Gasteiger partial charge in [0, 0.05) is 35.1 Å². The molecule has 2 heteroatoms. The van der Waals surface area contributed by atoms with Crippen LogP contribution in [0.3, 0.4) is 0 Å². The average Bonchev–Trinajstić information content (AvgIpc) is 3.42. The van der Waals surface area contributed by atoms with Gasteiger partial charge >= 0.3 is 0 Å². The normalized spacial score (nSPS) is 13.8. The van der Waals surface area contributed by atoms with Crippen LogP contribution in [0.5, 0.6) is 0 Å². The van der Waals surface area contributed by atoms with Crippen LogP contribution in [0.25, 0.3) is 33.5 Å². The summed E-state index contributed by atoms with van der Waals surface area (Å²) in [4.78, 5) is 4.70. The van der Waals surface area contributed by atoms with Crippen molar-refractivity contribution in [1.29, 1.82) is 0 Å². The van der Waals surface area contributed by atoms with Gasteiger partial charge in [0.25, 0.3) is 0 Å². The van der Waals surface area contributed by atoms with Gasteiger partial charge in [-0.3, -0.25) is 0 Å². The van der Waals surface area contributed by atoms with Gasteiger partial charge in [-0.2, -0.15) is 0 Å². The predicted molar refractivity (Wildman–Crippen MR) is 206 cm³/mol. The molecule has 6 aromatic carbocycles. The van der Waals surface area contributed by atoms with Gasteiger partial charge in [-0.15, -0.1) is 0 Å². The molecule has 6 aromatic rings. The van der Waals surface area contributed by atoms with Crippen molar-refractivity contribution in [2.75, 3.05) is 16.8 Å². The number of hydrogen-bond acceptors (Lipinski definition) is 2. The molecule has 0 atom stereocenters. The lowest BCUT2D eigenvalue weighted by atomic mass is 9.94. The maximum absolute atomic E-state index is 2.44. The Morgan fingerprint density at radius 2 is 1.23 bits per heavy atom. The highest BCUT2D eigenvalue weighted by molar-refractivity contribution is 6.00. The van der Waals surface area contributed by atoms with E-state index in [0.717, 1.165) is 30.6 Å². The Kier molecular flexibility index (Phi) is 8.06. The molecule has 48 heavy (non-hydrogen) atoms. The van der Waals surface area contributed by atoms with E-state index in [-0.39, 0.29) is 0 Å². The fourth-order valence-electron chi connectivity index (χ4n) is 6.98. The highest BCUT2D eigenvalue weighted by atomic mass is 15.1. The van der Waals surface area contributed by atoms with Gasteiger partial charge < -0.3 is 9.80 Å². The molecular formula is C46H38N2. The summed E-state index contributed by atoms with van der Waals surface area (Å²) >= 11 is 0. The fraction of sp³-hybridized carbons (Fsp3) is 0.0870. The molecule has 0 heterocycles. The van der Waals surface area contributed by atoms with Crippen LogP contribution >= 0.6 is 0 Å². The fourth-order valence-corrected chi connectivity index (χ4v) is 6.98. The first kappa shape index (κ1) is 29.5. The lowest BCUT2D eigenvalue weighted by Crippen LogP contribution is -2.15. The van der Waals surface area contributed by atoms with Gasteiger partial charge in [0.05, 0.1) is 11.4 Å². The number of anilines is 4. The first-order chi connectivity index (χ1) is 23.7. The van der Waals surface area contributed by atoms with E-state index >= 15 is 0 Å². The zero-order valence-corrected chi connectivity index (χ0v) is 27.3. The van der Waals surface area contributed by atoms with Crippen molar-refractivity contribution in [3.8, 4) is 11.1 Å². The molecule has 2 aliphatic rings. The van der Waals surface area contributed by atoms with Crippen molar-refractivity contribution in [2.45, 2.75) is 19.3 Å². The van der Waals surface area contributed by atoms with Crippen LogP contribution in [0.1, 0.15) is 29.5 Å². The van der Waals surface area contributed by atoms with Gasteiger partial charge in [0.1, 0.15) is 0 Å². The van der Waals surface area contributed by atoms with Crippen LogP contribution in [-0.4, -0.2) is 7.05 Å². The number of nitrogens with zero attached hydrogens (tertiary/aromatic N) is 2. The van der Waals surface area contributed by atoms with Gasteiger partial charge in [0.2, 0.25) is 0 Å². The van der Waals surface area contributed by atoms with Crippen molar-refractivity contribution in [1.82, 2.24) is 0 Å². The number of fused-ring (bicyclic) bond motifs is 2. The second-order valence-electron chi connectivity index (χ2n) is 12.5. The third-order valence-corrected chi connectivity index (χ3v) is 9.56. The molecule has 0 saturated carbocycles. The minimum absolute atomic E-state index is 0.925. The molecule has 0 aromatic heterocycles. The van der Waals surface area contributed by atoms with Crippen molar-refractivity contribution in [3.05, 3.63) is 192 Å². The van der Waals surface area contributed by atoms with Crippen LogP contribution in [-0.2, 0) is 6.42 Å². The summed E-state index contributed by atoms with van der Waals surface area (Å²) in [5.74, 6) is 0. The molecule has 2 aliphatic carbocycles. The van der Waals surface area contributed by atoms with Crippen LogP contribution in [0.15, 0.2) is 176 Å². The second kappa shape index (κ2) is 13.1. The maximum atomic E-state index is 2.44. The molecule has 0 aliphatic heterocycles. The van der Waals surface area contributed by atoms with Gasteiger partial charge in [0.15, 0.2) is 0 Å². The van der Waals surface area contributed by atoms with Gasteiger partial charge in [-0.1, -0.05) is 127 Å². The highest BCUT2D eigenvalue weighted by Crippen LogP contribution is 2.43. The molecular weight excluding hydrogens is 581 g/mol. The SMILES string of the molecule is CN(C1=CC(c2ccccc2)=CCC=C1)c1ccc(-c2ccc(N(c3cccc4c3C=CCC4)c3cccc4ccccc34)cc2)cc1. The number of rotatable bonds is 7. The first-order valence-electron chi connectivity index (χ1n) is 16.9. The van der Waals surface area contributed by atoms with Gasteiger partial charge in [-0.25, -0.2) is 0 Å². The summed E-state index contributed by atoms with van der Waals surface area (Å²) in [6.07, 6.45) is 16.7. The van der Waals surface area contributed by atoms with Crippen molar-refractivity contribution < 1.29 is 0 Å². The number of hydrogen-bond donors (Lipinski definition) is 0. The smallest absolute Gasteiger partial charge is 0.0540 e. The van der Waals surface area contributed by atoms with Crippen LogP contribution in [0.2, 0.25) is 0 Å². The van der Waals surface area contributed by atoms with E-state index < -0.39 is 0 Å². The van der Waals surface area contributed by atoms with E-state index in [1.54, 1.807) is 0 Å². The molecule has 2 nitrogen and oxygen atoms in total. The Morgan fingerprint density at radius 1 is 0.542 bits per heavy atom. The average molecular weight is 619 g/mol. The summed E-state index contributed by atoms with van der Waals surface area (Å²) < 4.78 is 0. The quantitative estimate of drug-likeness (QED) is 0.176. The van der Waals surface area contributed by atoms with Crippen molar-refractivity contribution in [2.24, 2.45) is 0 Å². The first-order valence-corrected chi connectivity index (χ1v) is 16.9. The summed E-state index contributed by atoms with van der Waals surface area (Å²) in [5, 5.41) is 2.48. The number of benzene rings is 6. The molecule has 0 unspecified atom stereocenters. The molecule has 0 fully saturated rings. The molecule has 0 saturated heterocycles. The minimum atomic E-state index is 0.925. The monoisotopic (exact) mass is 618 g/mol. The summed E-state index contributed by atoms with van der Waals surface area (Å²) in [6.45, 7) is 0. The van der Waals surface area contributed by atoms with E-state index in [0.29, 0.717) is 0 Å². The van der Waals surface area contributed by atoms with Crippen LogP contribution in [0.4, 0.5) is 22.7 Å². The van der Waals surface area contributed by atoms with E-state index in [9.17, 15) is 0 Å². The Labute approximate surface area is 283 Å². The second-order valence-corrected chi connectivity index (χ2v) is 12.5. The minimum Gasteiger partial charge on any atom is -0.345 e. The molecule has 0 radical (unpaired) electrons. The maximum Gasteiger partial charge on any atom is 0.0540 e. The summed E-state index contributed by atoms with van der Waals surface area (Å²) in [7, 11) is 2.15. The lowest BCUT2D eigenvalue weighted by molar-refractivity contribution is 0.984. The largest absolute Gasteiger partial charge is 0.345 e. The van der Waals surface area contributed by atoms with Gasteiger partial charge in [-0.05, 0) is 101 Å². The Bertz CT molecular complexity index is 2190. The number of likely N-dealkylation sites (N-methyl/N-ethyl adjacent to an activating group) is 1. The standard InChI is InChI=1S/C46H38N2/c1-47(42-20-8-5-17-39(33-42)34-13-3-2-4-14-34)40-29-25-35(26-30-40)36-27-31-41(32-28-36)48(45-23-11-18-37-15-6-9-21-43(37)45)46-24-12-19-38-16-7-10-22-44(38)46/h2-4,6,8-15,17-33H,5,7,16H2,1H3. The van der Waals surface area contributed by atoms with Crippen LogP contribution in [0, 0.1) is 0 Å². The molecule has 232 valence electrons. The van der Waals surface area contributed by atoms with E-state index in [4.69, 9.17) is 0 Å². The van der Waals surface area contributed by atoms with Crippen molar-refractivity contribution >= 4 is 45.2 Å². The zero-order chi connectivity index (χ0) is 32.3. The molecule has 0 N–H and O–H groups in total. The number of allylic oxidation sites excluding steroid dienone is 6. The summed E-state index contributed by atoms with van der Waals surface area (Å²) in [5.41, 5.74) is 13.5. The lowest BCUT2D eigenvalue weighted by Gasteiger charge is -2.30. The van der Waals surface area contributed by atoms with Crippen LogP contribution < -0.4 is 9.80 Å². The Balaban J connectivity index is 1.11. The summed E-state index contributed by atoms with van der Waals surface area (Å²) in [6, 6.07) is 50.6. The Hall–Kier alpha value is -5.86. The molecule has 0 spiro atoms. The third-order valence-electron chi connectivity index (χ3n) is 9.56. The van der Waals surface area contributed by atoms with E-state index in [1.807, 2.05) is 0 Å². The molecule has 8 rings (SSSR count). The Morgan fingerprint density at radius 3 is 2.04 bits per heavy atom. The molecule has 0 bridgehead atoms.